The van der Waals surface area contributed by atoms with Gasteiger partial charge in [0, 0.05) is 10.7 Å². The number of hydrogen-bond acceptors (Lipinski definition) is 3. The monoisotopic (exact) mass is 263 g/mol. The number of benzene rings is 1. The summed E-state index contributed by atoms with van der Waals surface area (Å²) in [6, 6.07) is 9.44. The molecule has 1 nitrogen and oxygen atoms in total. The minimum absolute atomic E-state index is 0.521. The second kappa shape index (κ2) is 5.01. The van der Waals surface area contributed by atoms with Crippen molar-refractivity contribution >= 4 is 33.2 Å². The first-order valence-electron chi connectivity index (χ1n) is 6.11. The Morgan fingerprint density at radius 3 is 3.06 bits per heavy atom. The molecule has 17 heavy (non-hydrogen) atoms. The summed E-state index contributed by atoms with van der Waals surface area (Å²) in [5.74, 6) is 3.41. The van der Waals surface area contributed by atoms with E-state index in [4.69, 9.17) is 0 Å². The first-order chi connectivity index (χ1) is 8.40. The van der Waals surface area contributed by atoms with Crippen LogP contribution in [0.4, 0.5) is 0 Å². The van der Waals surface area contributed by atoms with Gasteiger partial charge in [0.25, 0.3) is 0 Å². The summed E-state index contributed by atoms with van der Waals surface area (Å²) in [5, 5.41) is 7.12. The van der Waals surface area contributed by atoms with Gasteiger partial charge < -0.3 is 5.32 Å². The van der Waals surface area contributed by atoms with E-state index in [0.717, 1.165) is 5.92 Å². The summed E-state index contributed by atoms with van der Waals surface area (Å²) in [6.07, 6.45) is 1.35. The van der Waals surface area contributed by atoms with Gasteiger partial charge in [-0.3, -0.25) is 0 Å². The summed E-state index contributed by atoms with van der Waals surface area (Å²) in [5.41, 5.74) is 1.49. The molecule has 3 heteroatoms. The Bertz CT molecular complexity index is 500. The Balaban J connectivity index is 2.02. The third-order valence-corrected chi connectivity index (χ3v) is 5.76. The van der Waals surface area contributed by atoms with Gasteiger partial charge in [0.05, 0.1) is 0 Å². The van der Waals surface area contributed by atoms with Crippen LogP contribution < -0.4 is 5.32 Å². The second-order valence-corrected chi connectivity index (χ2v) is 6.64. The van der Waals surface area contributed by atoms with Gasteiger partial charge in [-0.15, -0.1) is 11.3 Å². The molecule has 0 bridgehead atoms. The SMILES string of the molecule is CNC(c1cccc2ccsc12)C1CCSC1. The zero-order valence-electron chi connectivity index (χ0n) is 9.98. The molecule has 90 valence electrons. The van der Waals surface area contributed by atoms with Crippen LogP contribution in [0.15, 0.2) is 29.6 Å². The lowest BCUT2D eigenvalue weighted by Gasteiger charge is -2.23. The molecule has 0 radical (unpaired) electrons. The smallest absolute Gasteiger partial charge is 0.0390 e. The number of thiophene rings is 1. The van der Waals surface area contributed by atoms with Crippen LogP contribution in [0.2, 0.25) is 0 Å². The number of fused-ring (bicyclic) bond motifs is 1. The average Bonchev–Trinajstić information content (AvgIpc) is 3.00. The molecular formula is C14H17NS2. The van der Waals surface area contributed by atoms with E-state index in [1.54, 1.807) is 0 Å². The molecule has 1 aromatic carbocycles. The van der Waals surface area contributed by atoms with Crippen molar-refractivity contribution in [2.45, 2.75) is 12.5 Å². The molecule has 1 aliphatic rings. The number of hydrogen-bond donors (Lipinski definition) is 1. The Kier molecular flexibility index (Phi) is 3.41. The van der Waals surface area contributed by atoms with E-state index in [0.29, 0.717) is 6.04 Å². The highest BCUT2D eigenvalue weighted by molar-refractivity contribution is 7.99. The van der Waals surface area contributed by atoms with Crippen LogP contribution in [0.1, 0.15) is 18.0 Å². The summed E-state index contributed by atoms with van der Waals surface area (Å²) < 4.78 is 1.46. The molecule has 3 rings (SSSR count). The van der Waals surface area contributed by atoms with Crippen molar-refractivity contribution in [2.24, 2.45) is 5.92 Å². The average molecular weight is 263 g/mol. The molecular weight excluding hydrogens is 246 g/mol. The first kappa shape index (κ1) is 11.6. The standard InChI is InChI=1S/C14H17NS2/c1-15-13(11-5-7-16-9-11)12-4-2-3-10-6-8-17-14(10)12/h2-4,6,8,11,13,15H,5,7,9H2,1H3. The van der Waals surface area contributed by atoms with Crippen molar-refractivity contribution < 1.29 is 0 Å². The molecule has 2 atom stereocenters. The zero-order valence-corrected chi connectivity index (χ0v) is 11.6. The molecule has 1 aliphatic heterocycles. The normalized spacial score (nSPS) is 22.1. The van der Waals surface area contributed by atoms with E-state index in [2.05, 4.69) is 53.8 Å². The van der Waals surface area contributed by atoms with Crippen molar-refractivity contribution in [3.8, 4) is 0 Å². The van der Waals surface area contributed by atoms with Gasteiger partial charge in [-0.2, -0.15) is 11.8 Å². The lowest BCUT2D eigenvalue weighted by atomic mass is 9.92. The van der Waals surface area contributed by atoms with Crippen LogP contribution in [-0.4, -0.2) is 18.6 Å². The van der Waals surface area contributed by atoms with Crippen LogP contribution in [0, 0.1) is 5.92 Å². The molecule has 0 saturated carbocycles. The van der Waals surface area contributed by atoms with Crippen LogP contribution in [-0.2, 0) is 0 Å². The molecule has 2 aromatic rings. The van der Waals surface area contributed by atoms with Crippen molar-refractivity contribution in [3.05, 3.63) is 35.2 Å². The predicted molar refractivity (Wildman–Crippen MR) is 79.1 cm³/mol. The van der Waals surface area contributed by atoms with E-state index < -0.39 is 0 Å². The van der Waals surface area contributed by atoms with Crippen LogP contribution >= 0.6 is 23.1 Å². The largest absolute Gasteiger partial charge is 0.313 e. The van der Waals surface area contributed by atoms with Crippen LogP contribution in [0.25, 0.3) is 10.1 Å². The molecule has 1 saturated heterocycles. The maximum absolute atomic E-state index is 3.54. The fraction of sp³-hybridized carbons (Fsp3) is 0.429. The molecule has 0 spiro atoms. The lowest BCUT2D eigenvalue weighted by Crippen LogP contribution is -2.25. The third kappa shape index (κ3) is 2.12. The van der Waals surface area contributed by atoms with Crippen molar-refractivity contribution in [3.63, 3.8) is 0 Å². The number of nitrogens with one attached hydrogen (secondary N) is 1. The minimum atomic E-state index is 0.521. The van der Waals surface area contributed by atoms with Gasteiger partial charge in [-0.05, 0) is 53.3 Å². The Morgan fingerprint density at radius 1 is 1.35 bits per heavy atom. The quantitative estimate of drug-likeness (QED) is 0.901. The highest BCUT2D eigenvalue weighted by atomic mass is 32.2. The van der Waals surface area contributed by atoms with E-state index in [1.807, 2.05) is 11.3 Å². The molecule has 1 fully saturated rings. The van der Waals surface area contributed by atoms with Gasteiger partial charge in [-0.1, -0.05) is 18.2 Å². The van der Waals surface area contributed by atoms with Crippen molar-refractivity contribution in [1.29, 1.82) is 0 Å². The highest BCUT2D eigenvalue weighted by Gasteiger charge is 2.26. The van der Waals surface area contributed by atoms with Crippen LogP contribution in [0.5, 0.6) is 0 Å². The van der Waals surface area contributed by atoms with E-state index in [-0.39, 0.29) is 0 Å². The van der Waals surface area contributed by atoms with Gasteiger partial charge in [0.15, 0.2) is 0 Å². The summed E-state index contributed by atoms with van der Waals surface area (Å²) in [6.45, 7) is 0. The molecule has 2 unspecified atom stereocenters. The summed E-state index contributed by atoms with van der Waals surface area (Å²) in [4.78, 5) is 0. The maximum atomic E-state index is 3.54. The van der Waals surface area contributed by atoms with Crippen LogP contribution in [0.3, 0.4) is 0 Å². The lowest BCUT2D eigenvalue weighted by molar-refractivity contribution is 0.422. The highest BCUT2D eigenvalue weighted by Crippen LogP contribution is 2.38. The minimum Gasteiger partial charge on any atom is -0.313 e. The van der Waals surface area contributed by atoms with E-state index >= 15 is 0 Å². The molecule has 1 N–H and O–H groups in total. The maximum Gasteiger partial charge on any atom is 0.0390 e. The number of rotatable bonds is 3. The zero-order chi connectivity index (χ0) is 11.7. The summed E-state index contributed by atoms with van der Waals surface area (Å²) >= 11 is 3.96. The molecule has 2 heterocycles. The Labute approximate surface area is 111 Å². The molecule has 0 amide bonds. The first-order valence-corrected chi connectivity index (χ1v) is 8.14. The molecule has 0 aliphatic carbocycles. The second-order valence-electron chi connectivity index (χ2n) is 4.58. The van der Waals surface area contributed by atoms with Gasteiger partial charge in [-0.25, -0.2) is 0 Å². The Hall–Kier alpha value is -0.510. The fourth-order valence-electron chi connectivity index (χ4n) is 2.72. The fourth-order valence-corrected chi connectivity index (χ4v) is 4.97. The number of thioether (sulfide) groups is 1. The summed E-state index contributed by atoms with van der Waals surface area (Å²) in [7, 11) is 2.10. The van der Waals surface area contributed by atoms with Gasteiger partial charge in [0.2, 0.25) is 0 Å². The predicted octanol–water partition coefficient (Wildman–Crippen LogP) is 3.91. The van der Waals surface area contributed by atoms with E-state index in [1.165, 1.54) is 33.6 Å². The van der Waals surface area contributed by atoms with Crippen molar-refractivity contribution in [1.82, 2.24) is 5.32 Å². The topological polar surface area (TPSA) is 12.0 Å². The van der Waals surface area contributed by atoms with Crippen molar-refractivity contribution in [2.75, 3.05) is 18.6 Å². The third-order valence-electron chi connectivity index (χ3n) is 3.59. The van der Waals surface area contributed by atoms with E-state index in [9.17, 15) is 0 Å². The van der Waals surface area contributed by atoms with Gasteiger partial charge in [0.1, 0.15) is 0 Å². The Morgan fingerprint density at radius 2 is 2.29 bits per heavy atom. The van der Waals surface area contributed by atoms with Gasteiger partial charge >= 0.3 is 0 Å². The molecule has 1 aromatic heterocycles.